The summed E-state index contributed by atoms with van der Waals surface area (Å²) in [5, 5.41) is 7.56. The van der Waals surface area contributed by atoms with Gasteiger partial charge in [-0.15, -0.1) is 0 Å². The summed E-state index contributed by atoms with van der Waals surface area (Å²) in [4.78, 5) is 11.2. The van der Waals surface area contributed by atoms with Crippen molar-refractivity contribution in [3.8, 4) is 0 Å². The van der Waals surface area contributed by atoms with Crippen molar-refractivity contribution in [2.45, 2.75) is 25.3 Å². The van der Waals surface area contributed by atoms with Gasteiger partial charge in [0.05, 0.1) is 12.2 Å². The number of alkyl halides is 1. The Hall–Kier alpha value is -1.43. The monoisotopic (exact) mass is 240 g/mol. The third-order valence-electron chi connectivity index (χ3n) is 3.06. The predicted octanol–water partition coefficient (Wildman–Crippen LogP) is 0.418. The van der Waals surface area contributed by atoms with Crippen molar-refractivity contribution in [2.24, 2.45) is 5.73 Å². The predicted molar refractivity (Wildman–Crippen MR) is 61.6 cm³/mol. The highest BCUT2D eigenvalue weighted by atomic mass is 19.1. The molecule has 0 aromatic carbocycles. The zero-order valence-electron chi connectivity index (χ0n) is 9.66. The summed E-state index contributed by atoms with van der Waals surface area (Å²) in [6, 6.07) is 1.69. The second-order valence-corrected chi connectivity index (χ2v) is 4.27. The van der Waals surface area contributed by atoms with Crippen molar-refractivity contribution in [1.29, 1.82) is 0 Å². The summed E-state index contributed by atoms with van der Waals surface area (Å²) in [7, 11) is 0. The van der Waals surface area contributed by atoms with Crippen LogP contribution in [0.2, 0.25) is 0 Å². The topological polar surface area (TPSA) is 72.9 Å². The van der Waals surface area contributed by atoms with Crippen molar-refractivity contribution < 1.29 is 9.18 Å². The molecule has 3 N–H and O–H groups in total. The van der Waals surface area contributed by atoms with Crippen LogP contribution >= 0.6 is 0 Å². The Morgan fingerprint density at radius 1 is 1.71 bits per heavy atom. The third kappa shape index (κ3) is 2.63. The number of aryl methyl sites for hydroxylation is 1. The molecular formula is C11H17FN4O. The second-order valence-electron chi connectivity index (χ2n) is 4.27. The highest BCUT2D eigenvalue weighted by Crippen LogP contribution is 2.22. The Labute approximate surface area is 99.2 Å². The molecule has 0 radical (unpaired) electrons. The summed E-state index contributed by atoms with van der Waals surface area (Å²) < 4.78 is 13.7. The van der Waals surface area contributed by atoms with E-state index >= 15 is 0 Å². The lowest BCUT2D eigenvalue weighted by atomic mass is 9.96. The van der Waals surface area contributed by atoms with Gasteiger partial charge in [-0.3, -0.25) is 9.48 Å². The minimum absolute atomic E-state index is 0.0818. The van der Waals surface area contributed by atoms with E-state index in [4.69, 9.17) is 5.73 Å². The minimum Gasteiger partial charge on any atom is -0.364 e. The fraction of sp³-hybridized carbons (Fsp3) is 0.636. The van der Waals surface area contributed by atoms with Crippen LogP contribution in [0.15, 0.2) is 6.07 Å². The molecule has 1 fully saturated rings. The summed E-state index contributed by atoms with van der Waals surface area (Å²) in [6.07, 6.45) is 2.13. The summed E-state index contributed by atoms with van der Waals surface area (Å²) in [5.74, 6) is -0.260. The van der Waals surface area contributed by atoms with Crippen LogP contribution in [0.4, 0.5) is 4.39 Å². The molecule has 1 saturated heterocycles. The van der Waals surface area contributed by atoms with E-state index in [1.165, 1.54) is 4.68 Å². The molecule has 1 amide bonds. The molecular weight excluding hydrogens is 223 g/mol. The Morgan fingerprint density at radius 2 is 2.53 bits per heavy atom. The van der Waals surface area contributed by atoms with Crippen LogP contribution in [0.3, 0.4) is 0 Å². The van der Waals surface area contributed by atoms with Crippen molar-refractivity contribution >= 4 is 5.91 Å². The molecule has 0 unspecified atom stereocenters. The number of carbonyl (C=O) groups is 1. The fourth-order valence-electron chi connectivity index (χ4n) is 2.19. The lowest BCUT2D eigenvalue weighted by Crippen LogP contribution is -2.28. The van der Waals surface area contributed by atoms with Gasteiger partial charge < -0.3 is 11.1 Å². The van der Waals surface area contributed by atoms with Gasteiger partial charge in [-0.1, -0.05) is 0 Å². The molecule has 1 aromatic heterocycles. The maximum atomic E-state index is 12.3. The van der Waals surface area contributed by atoms with Gasteiger partial charge in [0.1, 0.15) is 12.4 Å². The molecule has 0 saturated carbocycles. The molecule has 17 heavy (non-hydrogen) atoms. The Balaban J connectivity index is 2.22. The number of halogens is 1. The number of rotatable bonds is 4. The minimum atomic E-state index is -0.555. The van der Waals surface area contributed by atoms with Gasteiger partial charge in [0.2, 0.25) is 0 Å². The maximum Gasteiger partial charge on any atom is 0.266 e. The number of nitrogens with one attached hydrogen (secondary N) is 1. The number of carbonyl (C=O) groups excluding carboxylic acids is 1. The van der Waals surface area contributed by atoms with Gasteiger partial charge in [-0.25, -0.2) is 4.39 Å². The molecule has 1 atom stereocenters. The first-order valence-electron chi connectivity index (χ1n) is 5.86. The van der Waals surface area contributed by atoms with Crippen LogP contribution in [-0.2, 0) is 6.54 Å². The van der Waals surface area contributed by atoms with Gasteiger partial charge in [0.25, 0.3) is 5.91 Å². The number of primary amides is 1. The first kappa shape index (κ1) is 12.0. The average molecular weight is 240 g/mol. The lowest BCUT2D eigenvalue weighted by Gasteiger charge is -2.20. The third-order valence-corrected chi connectivity index (χ3v) is 3.06. The molecule has 1 aromatic rings. The van der Waals surface area contributed by atoms with Crippen LogP contribution in [0, 0.1) is 0 Å². The summed E-state index contributed by atoms with van der Waals surface area (Å²) >= 11 is 0. The highest BCUT2D eigenvalue weighted by molar-refractivity contribution is 5.91. The molecule has 94 valence electrons. The molecule has 0 spiro atoms. The standard InChI is InChI=1S/C11H17FN4O/c12-3-5-16-10(11(13)17)6-9(15-16)8-2-1-4-14-7-8/h6,8,14H,1-5,7H2,(H2,13,17)/t8-/m0/s1. The van der Waals surface area contributed by atoms with Gasteiger partial charge >= 0.3 is 0 Å². The zero-order chi connectivity index (χ0) is 12.3. The summed E-state index contributed by atoms with van der Waals surface area (Å²) in [5.41, 5.74) is 6.38. The van der Waals surface area contributed by atoms with Crippen molar-refractivity contribution in [1.82, 2.24) is 15.1 Å². The number of hydrogen-bond donors (Lipinski definition) is 2. The molecule has 0 aliphatic carbocycles. The molecule has 2 rings (SSSR count). The van der Waals surface area contributed by atoms with Crippen LogP contribution in [0.5, 0.6) is 0 Å². The van der Waals surface area contributed by atoms with Crippen LogP contribution < -0.4 is 11.1 Å². The lowest BCUT2D eigenvalue weighted by molar-refractivity contribution is 0.0989. The smallest absolute Gasteiger partial charge is 0.266 e. The van der Waals surface area contributed by atoms with Crippen molar-refractivity contribution in [3.63, 3.8) is 0 Å². The van der Waals surface area contributed by atoms with E-state index in [0.717, 1.165) is 31.6 Å². The van der Waals surface area contributed by atoms with Crippen molar-refractivity contribution in [2.75, 3.05) is 19.8 Å². The van der Waals surface area contributed by atoms with E-state index in [-0.39, 0.29) is 6.54 Å². The fourth-order valence-corrected chi connectivity index (χ4v) is 2.19. The van der Waals surface area contributed by atoms with E-state index in [2.05, 4.69) is 10.4 Å². The molecule has 6 heteroatoms. The first-order chi connectivity index (χ1) is 8.22. The van der Waals surface area contributed by atoms with E-state index in [1.54, 1.807) is 6.07 Å². The highest BCUT2D eigenvalue weighted by Gasteiger charge is 2.21. The Kier molecular flexibility index (Phi) is 3.73. The summed E-state index contributed by atoms with van der Waals surface area (Å²) in [6.45, 7) is 1.40. The number of nitrogens with zero attached hydrogens (tertiary/aromatic N) is 2. The zero-order valence-corrected chi connectivity index (χ0v) is 9.66. The van der Waals surface area contributed by atoms with E-state index in [9.17, 15) is 9.18 Å². The van der Waals surface area contributed by atoms with E-state index in [1.807, 2.05) is 0 Å². The quantitative estimate of drug-likeness (QED) is 0.801. The molecule has 0 bridgehead atoms. The largest absolute Gasteiger partial charge is 0.364 e. The van der Waals surface area contributed by atoms with Gasteiger partial charge in [-0.05, 0) is 25.5 Å². The first-order valence-corrected chi connectivity index (χ1v) is 5.86. The van der Waals surface area contributed by atoms with E-state index in [0.29, 0.717) is 11.6 Å². The number of aromatic nitrogens is 2. The molecule has 2 heterocycles. The average Bonchev–Trinajstić information content (AvgIpc) is 2.75. The molecule has 1 aliphatic heterocycles. The number of nitrogens with two attached hydrogens (primary N) is 1. The number of amides is 1. The van der Waals surface area contributed by atoms with Crippen LogP contribution in [-0.4, -0.2) is 35.5 Å². The molecule has 5 nitrogen and oxygen atoms in total. The van der Waals surface area contributed by atoms with E-state index < -0.39 is 12.6 Å². The number of hydrogen-bond acceptors (Lipinski definition) is 3. The second kappa shape index (κ2) is 5.27. The SMILES string of the molecule is NC(=O)c1cc([C@H]2CCCNC2)nn1CCF. The normalized spacial score (nSPS) is 20.4. The van der Waals surface area contributed by atoms with Crippen LogP contribution in [0.1, 0.15) is 34.9 Å². The van der Waals surface area contributed by atoms with Gasteiger partial charge in [0, 0.05) is 12.5 Å². The Morgan fingerprint density at radius 3 is 3.12 bits per heavy atom. The molecule has 1 aliphatic rings. The van der Waals surface area contributed by atoms with Gasteiger partial charge in [0.15, 0.2) is 0 Å². The van der Waals surface area contributed by atoms with Crippen molar-refractivity contribution in [3.05, 3.63) is 17.5 Å². The maximum absolute atomic E-state index is 12.3. The number of piperidine rings is 1. The van der Waals surface area contributed by atoms with Crippen LogP contribution in [0.25, 0.3) is 0 Å². The van der Waals surface area contributed by atoms with Gasteiger partial charge in [-0.2, -0.15) is 5.10 Å². The Bertz CT molecular complexity index is 398.